The molecule has 2 rings (SSSR count). The number of hydrogen-bond acceptors (Lipinski definition) is 4. The molecule has 10 heteroatoms. The van der Waals surface area contributed by atoms with Crippen molar-refractivity contribution in [3.8, 4) is 0 Å². The lowest BCUT2D eigenvalue weighted by Crippen LogP contribution is -2.19. The van der Waals surface area contributed by atoms with Gasteiger partial charge in [0, 0.05) is 19.9 Å². The molecule has 0 aliphatic rings. The number of halogens is 5. The lowest BCUT2D eigenvalue weighted by molar-refractivity contribution is 0.265. The zero-order valence-corrected chi connectivity index (χ0v) is 13.9. The van der Waals surface area contributed by atoms with Crippen LogP contribution in [0.1, 0.15) is 11.3 Å². The molecule has 0 aromatic heterocycles. The van der Waals surface area contributed by atoms with Gasteiger partial charge in [0.25, 0.3) is 0 Å². The minimum atomic E-state index is -4.33. The fourth-order valence-corrected chi connectivity index (χ4v) is 3.57. The Morgan fingerprint density at radius 1 is 0.840 bits per heavy atom. The van der Waals surface area contributed by atoms with Crippen molar-refractivity contribution in [3.05, 3.63) is 65.0 Å². The average Bonchev–Trinajstić information content (AvgIpc) is 2.64. The first-order valence-electron chi connectivity index (χ1n) is 6.81. The van der Waals surface area contributed by atoms with Gasteiger partial charge in [-0.05, 0) is 12.1 Å². The lowest BCUT2D eigenvalue weighted by atomic mass is 10.1. The zero-order chi connectivity index (χ0) is 18.8. The second-order valence-corrected chi connectivity index (χ2v) is 7.13. The summed E-state index contributed by atoms with van der Waals surface area (Å²) >= 11 is 0. The molecule has 2 aromatic carbocycles. The van der Waals surface area contributed by atoms with E-state index in [1.165, 1.54) is 12.1 Å². The number of benzene rings is 2. The van der Waals surface area contributed by atoms with E-state index in [9.17, 15) is 26.5 Å². The van der Waals surface area contributed by atoms with Gasteiger partial charge in [-0.1, -0.05) is 18.2 Å². The minimum absolute atomic E-state index is 0.200. The van der Waals surface area contributed by atoms with Gasteiger partial charge in [0.2, 0.25) is 5.82 Å². The quantitative estimate of drug-likeness (QED) is 0.332. The number of anilines is 1. The smallest absolute Gasteiger partial charge is 0.356 e. The van der Waals surface area contributed by atoms with Crippen molar-refractivity contribution in [3.63, 3.8) is 0 Å². The van der Waals surface area contributed by atoms with Gasteiger partial charge < -0.3 is 14.4 Å². The first-order valence-corrected chi connectivity index (χ1v) is 8.42. The highest BCUT2D eigenvalue weighted by Gasteiger charge is 2.42. The summed E-state index contributed by atoms with van der Waals surface area (Å²) in [5, 5.41) is 2.44. The average molecular weight is 381 g/mol. The van der Waals surface area contributed by atoms with Crippen molar-refractivity contribution in [2.45, 2.75) is 5.78 Å². The predicted molar refractivity (Wildman–Crippen MR) is 80.7 cm³/mol. The number of nitrogens with one attached hydrogen (secondary N) is 1. The maximum atomic E-state index is 14.2. The molecule has 0 saturated heterocycles. The summed E-state index contributed by atoms with van der Waals surface area (Å²) in [4.78, 5) is 0. The Kier molecular flexibility index (Phi) is 5.82. The third-order valence-corrected chi connectivity index (χ3v) is 5.46. The third-order valence-electron chi connectivity index (χ3n) is 3.42. The summed E-state index contributed by atoms with van der Waals surface area (Å²) in [6.45, 7) is 0. The van der Waals surface area contributed by atoms with Crippen LogP contribution in [0, 0.1) is 29.1 Å². The summed E-state index contributed by atoms with van der Waals surface area (Å²) in [5.74, 6) is -12.9. The maximum Gasteiger partial charge on any atom is 0.356 e. The van der Waals surface area contributed by atoms with Crippen LogP contribution in [0.4, 0.5) is 27.6 Å². The highest BCUT2D eigenvalue weighted by atomic mass is 31.2. The van der Waals surface area contributed by atoms with E-state index < -0.39 is 48.0 Å². The standard InChI is InChI=1S/C15H13F5NO3P/c1-23-25(22,24-2)15(21-8-6-4-3-5-7-8)9-10(16)12(18)14(20)13(19)11(9)17/h3-7,15,21H,1-2H3. The van der Waals surface area contributed by atoms with Gasteiger partial charge >= 0.3 is 7.60 Å². The van der Waals surface area contributed by atoms with Crippen molar-refractivity contribution in [2.24, 2.45) is 0 Å². The zero-order valence-electron chi connectivity index (χ0n) is 13.0. The highest BCUT2D eigenvalue weighted by Crippen LogP contribution is 2.60. The molecule has 0 spiro atoms. The second-order valence-electron chi connectivity index (χ2n) is 4.80. The monoisotopic (exact) mass is 381 g/mol. The Morgan fingerprint density at radius 3 is 1.72 bits per heavy atom. The fraction of sp³-hybridized carbons (Fsp3) is 0.200. The van der Waals surface area contributed by atoms with Crippen molar-refractivity contribution in [1.29, 1.82) is 0 Å². The fourth-order valence-electron chi connectivity index (χ4n) is 2.15. The summed E-state index contributed by atoms with van der Waals surface area (Å²) in [6.07, 6.45) is 0. The van der Waals surface area contributed by atoms with Crippen LogP contribution in [0.3, 0.4) is 0 Å². The van der Waals surface area contributed by atoms with Gasteiger partial charge in [-0.2, -0.15) is 0 Å². The Balaban J connectivity index is 2.71. The molecule has 0 heterocycles. The topological polar surface area (TPSA) is 47.6 Å². The lowest BCUT2D eigenvalue weighted by Gasteiger charge is -2.27. The van der Waals surface area contributed by atoms with Crippen LogP contribution in [0.25, 0.3) is 0 Å². The van der Waals surface area contributed by atoms with Crippen molar-refractivity contribution < 1.29 is 35.6 Å². The van der Waals surface area contributed by atoms with E-state index in [1.54, 1.807) is 18.2 Å². The normalized spacial score (nSPS) is 12.9. The van der Waals surface area contributed by atoms with Gasteiger partial charge in [-0.3, -0.25) is 4.57 Å². The molecule has 0 fully saturated rings. The summed E-state index contributed by atoms with van der Waals surface area (Å²) < 4.78 is 90.8. The van der Waals surface area contributed by atoms with Crippen LogP contribution in [0.5, 0.6) is 0 Å². The molecule has 0 aliphatic carbocycles. The molecule has 2 aromatic rings. The second kappa shape index (κ2) is 7.51. The summed E-state index contributed by atoms with van der Waals surface area (Å²) in [6, 6.07) is 7.60. The molecular formula is C15H13F5NO3P. The van der Waals surface area contributed by atoms with E-state index in [2.05, 4.69) is 5.32 Å². The van der Waals surface area contributed by atoms with Crippen molar-refractivity contribution in [1.82, 2.24) is 0 Å². The molecular weight excluding hydrogens is 368 g/mol. The van der Waals surface area contributed by atoms with Crippen LogP contribution in [0.15, 0.2) is 30.3 Å². The van der Waals surface area contributed by atoms with E-state index in [4.69, 9.17) is 9.05 Å². The van der Waals surface area contributed by atoms with Crippen LogP contribution < -0.4 is 5.32 Å². The predicted octanol–water partition coefficient (Wildman–Crippen LogP) is 4.98. The number of rotatable bonds is 6. The number of hydrogen-bond donors (Lipinski definition) is 1. The van der Waals surface area contributed by atoms with Crippen LogP contribution >= 0.6 is 7.60 Å². The van der Waals surface area contributed by atoms with Gasteiger partial charge in [0.15, 0.2) is 29.1 Å². The summed E-state index contributed by atoms with van der Waals surface area (Å²) in [5.41, 5.74) is -1.14. The SMILES string of the molecule is COP(=O)(OC)C(Nc1ccccc1)c1c(F)c(F)c(F)c(F)c1F. The van der Waals surface area contributed by atoms with Gasteiger partial charge in [-0.15, -0.1) is 0 Å². The van der Waals surface area contributed by atoms with Gasteiger partial charge in [-0.25, -0.2) is 22.0 Å². The van der Waals surface area contributed by atoms with E-state index in [-0.39, 0.29) is 5.69 Å². The molecule has 1 atom stereocenters. The molecule has 1 N–H and O–H groups in total. The van der Waals surface area contributed by atoms with E-state index in [1.807, 2.05) is 0 Å². The number of para-hydroxylation sites is 1. The molecule has 0 bridgehead atoms. The van der Waals surface area contributed by atoms with Crippen LogP contribution in [-0.4, -0.2) is 14.2 Å². The Morgan fingerprint density at radius 2 is 1.28 bits per heavy atom. The summed E-state index contributed by atoms with van der Waals surface area (Å²) in [7, 11) is -2.48. The third kappa shape index (κ3) is 3.53. The van der Waals surface area contributed by atoms with Crippen molar-refractivity contribution >= 4 is 13.3 Å². The molecule has 136 valence electrons. The highest BCUT2D eigenvalue weighted by molar-refractivity contribution is 7.54. The van der Waals surface area contributed by atoms with Crippen LogP contribution in [0.2, 0.25) is 0 Å². The van der Waals surface area contributed by atoms with E-state index in [0.29, 0.717) is 0 Å². The first kappa shape index (κ1) is 19.4. The van der Waals surface area contributed by atoms with E-state index >= 15 is 0 Å². The molecule has 0 radical (unpaired) electrons. The first-order chi connectivity index (χ1) is 11.8. The molecule has 0 aliphatic heterocycles. The van der Waals surface area contributed by atoms with Gasteiger partial charge in [0.05, 0.1) is 5.56 Å². The minimum Gasteiger partial charge on any atom is -0.368 e. The Hall–Kier alpha value is -1.96. The largest absolute Gasteiger partial charge is 0.368 e. The molecule has 25 heavy (non-hydrogen) atoms. The van der Waals surface area contributed by atoms with Crippen LogP contribution in [-0.2, 0) is 13.6 Å². The molecule has 1 unspecified atom stereocenters. The van der Waals surface area contributed by atoms with Crippen molar-refractivity contribution in [2.75, 3.05) is 19.5 Å². The molecule has 0 saturated carbocycles. The Bertz CT molecular complexity index is 782. The van der Waals surface area contributed by atoms with Gasteiger partial charge in [0.1, 0.15) is 0 Å². The molecule has 0 amide bonds. The Labute approximate surface area is 140 Å². The maximum absolute atomic E-state index is 14.2. The molecule has 4 nitrogen and oxygen atoms in total. The van der Waals surface area contributed by atoms with E-state index in [0.717, 1.165) is 14.2 Å².